The summed E-state index contributed by atoms with van der Waals surface area (Å²) < 4.78 is 5.08. The van der Waals surface area contributed by atoms with Gasteiger partial charge in [0.25, 0.3) is 5.91 Å². The van der Waals surface area contributed by atoms with Crippen LogP contribution in [0.2, 0.25) is 0 Å². The largest absolute Gasteiger partial charge is 0.480 e. The van der Waals surface area contributed by atoms with E-state index in [0.29, 0.717) is 6.42 Å². The fourth-order valence-electron chi connectivity index (χ4n) is 3.02. The molecule has 3 N–H and O–H groups in total. The van der Waals surface area contributed by atoms with Gasteiger partial charge in [-0.25, -0.2) is 9.59 Å². The fourth-order valence-corrected chi connectivity index (χ4v) is 3.02. The summed E-state index contributed by atoms with van der Waals surface area (Å²) in [6.45, 7) is 0. The summed E-state index contributed by atoms with van der Waals surface area (Å²) in [4.78, 5) is 35.8. The van der Waals surface area contributed by atoms with Crippen LogP contribution in [0, 0.1) is 0 Å². The van der Waals surface area contributed by atoms with Crippen molar-refractivity contribution in [3.63, 3.8) is 0 Å². The SMILES string of the molecule is O=C1NC(Cc2ccccc2)C(C(=O)NC(Cc2ccccc2)C(=O)O)O1. The van der Waals surface area contributed by atoms with Crippen molar-refractivity contribution in [1.29, 1.82) is 0 Å². The topological polar surface area (TPSA) is 105 Å². The van der Waals surface area contributed by atoms with Gasteiger partial charge in [-0.2, -0.15) is 0 Å². The first-order valence-electron chi connectivity index (χ1n) is 8.61. The van der Waals surface area contributed by atoms with E-state index in [2.05, 4.69) is 10.6 Å². The molecule has 0 aliphatic carbocycles. The van der Waals surface area contributed by atoms with Gasteiger partial charge in [0.05, 0.1) is 6.04 Å². The molecule has 2 aromatic rings. The smallest absolute Gasteiger partial charge is 0.408 e. The molecule has 7 heteroatoms. The maximum absolute atomic E-state index is 12.6. The molecule has 7 nitrogen and oxygen atoms in total. The fraction of sp³-hybridized carbons (Fsp3) is 0.250. The van der Waals surface area contributed by atoms with Crippen LogP contribution in [-0.4, -0.2) is 41.3 Å². The van der Waals surface area contributed by atoms with Crippen LogP contribution in [0.4, 0.5) is 4.79 Å². The Labute approximate surface area is 156 Å². The Balaban J connectivity index is 1.68. The summed E-state index contributed by atoms with van der Waals surface area (Å²) in [7, 11) is 0. The maximum Gasteiger partial charge on any atom is 0.408 e. The first-order chi connectivity index (χ1) is 13.0. The minimum atomic E-state index is -1.15. The first kappa shape index (κ1) is 18.4. The van der Waals surface area contributed by atoms with Crippen molar-refractivity contribution in [2.45, 2.75) is 31.0 Å². The second-order valence-corrected chi connectivity index (χ2v) is 6.36. The lowest BCUT2D eigenvalue weighted by molar-refractivity contribution is -0.143. The van der Waals surface area contributed by atoms with Gasteiger partial charge in [0.2, 0.25) is 6.10 Å². The Bertz CT molecular complexity index is 810. The van der Waals surface area contributed by atoms with Gasteiger partial charge in [-0.15, -0.1) is 0 Å². The van der Waals surface area contributed by atoms with Crippen LogP contribution in [0.25, 0.3) is 0 Å². The predicted molar refractivity (Wildman–Crippen MR) is 97.1 cm³/mol. The van der Waals surface area contributed by atoms with Gasteiger partial charge in [0.1, 0.15) is 6.04 Å². The van der Waals surface area contributed by atoms with Crippen molar-refractivity contribution >= 4 is 18.0 Å². The quantitative estimate of drug-likeness (QED) is 0.687. The van der Waals surface area contributed by atoms with Crippen LogP contribution in [0.15, 0.2) is 60.7 Å². The van der Waals surface area contributed by atoms with E-state index in [1.165, 1.54) is 0 Å². The van der Waals surface area contributed by atoms with Gasteiger partial charge in [0.15, 0.2) is 0 Å². The first-order valence-corrected chi connectivity index (χ1v) is 8.61. The van der Waals surface area contributed by atoms with Gasteiger partial charge < -0.3 is 20.5 Å². The van der Waals surface area contributed by atoms with Crippen LogP contribution >= 0.6 is 0 Å². The highest BCUT2D eigenvalue weighted by molar-refractivity contribution is 5.90. The lowest BCUT2D eigenvalue weighted by Gasteiger charge is -2.20. The predicted octanol–water partition coefficient (Wildman–Crippen LogP) is 1.52. The average Bonchev–Trinajstić information content (AvgIpc) is 3.03. The monoisotopic (exact) mass is 368 g/mol. The number of benzene rings is 2. The molecule has 1 heterocycles. The number of cyclic esters (lactones) is 1. The molecule has 140 valence electrons. The number of hydrogen-bond acceptors (Lipinski definition) is 4. The summed E-state index contributed by atoms with van der Waals surface area (Å²) in [6.07, 6.45) is -1.23. The van der Waals surface area contributed by atoms with E-state index in [4.69, 9.17) is 4.74 Å². The molecule has 2 aromatic carbocycles. The number of ether oxygens (including phenoxy) is 1. The molecule has 1 aliphatic rings. The molecule has 2 amide bonds. The Morgan fingerprint density at radius 2 is 1.63 bits per heavy atom. The van der Waals surface area contributed by atoms with Crippen molar-refractivity contribution in [2.75, 3.05) is 0 Å². The number of nitrogens with one attached hydrogen (secondary N) is 2. The Hall–Kier alpha value is -3.35. The van der Waals surface area contributed by atoms with Crippen LogP contribution in [0.1, 0.15) is 11.1 Å². The number of carbonyl (C=O) groups excluding carboxylic acids is 2. The number of carboxylic acid groups (broad SMARTS) is 1. The molecule has 0 radical (unpaired) electrons. The molecule has 0 bridgehead atoms. The average molecular weight is 368 g/mol. The number of carboxylic acids is 1. The van der Waals surface area contributed by atoms with Gasteiger partial charge in [-0.1, -0.05) is 60.7 Å². The molecule has 0 saturated carbocycles. The third-order valence-corrected chi connectivity index (χ3v) is 4.36. The zero-order valence-corrected chi connectivity index (χ0v) is 14.5. The van der Waals surface area contributed by atoms with E-state index in [1.54, 1.807) is 24.3 Å². The van der Waals surface area contributed by atoms with Crippen LogP contribution in [0.5, 0.6) is 0 Å². The molecule has 3 atom stereocenters. The third-order valence-electron chi connectivity index (χ3n) is 4.36. The molecular weight excluding hydrogens is 348 g/mol. The van der Waals surface area contributed by atoms with E-state index in [9.17, 15) is 19.5 Å². The molecule has 0 aromatic heterocycles. The Morgan fingerprint density at radius 3 is 2.22 bits per heavy atom. The summed E-state index contributed by atoms with van der Waals surface area (Å²) in [5, 5.41) is 14.5. The lowest BCUT2D eigenvalue weighted by atomic mass is 10.0. The Kier molecular flexibility index (Phi) is 5.71. The van der Waals surface area contributed by atoms with Crippen molar-refractivity contribution in [3.8, 4) is 0 Å². The molecule has 27 heavy (non-hydrogen) atoms. The third kappa shape index (κ3) is 4.84. The molecule has 3 rings (SSSR count). The number of alkyl carbamates (subject to hydrolysis) is 1. The standard InChI is InChI=1S/C20H20N2O5/c23-18(21-16(19(24)25)12-14-9-5-2-6-10-14)17-15(22-20(26)27-17)11-13-7-3-1-4-8-13/h1-10,15-17H,11-12H2,(H,21,23)(H,22,26)(H,24,25). The highest BCUT2D eigenvalue weighted by atomic mass is 16.6. The molecule has 1 saturated heterocycles. The van der Waals surface area contributed by atoms with Gasteiger partial charge in [-0.3, -0.25) is 4.79 Å². The van der Waals surface area contributed by atoms with Crippen molar-refractivity contribution in [2.24, 2.45) is 0 Å². The van der Waals surface area contributed by atoms with E-state index in [1.807, 2.05) is 36.4 Å². The second kappa shape index (κ2) is 8.35. The highest BCUT2D eigenvalue weighted by Crippen LogP contribution is 2.15. The van der Waals surface area contributed by atoms with Crippen LogP contribution in [-0.2, 0) is 27.2 Å². The lowest BCUT2D eigenvalue weighted by Crippen LogP contribution is -2.50. The van der Waals surface area contributed by atoms with Gasteiger partial charge in [-0.05, 0) is 17.5 Å². The number of amides is 2. The van der Waals surface area contributed by atoms with Crippen LogP contribution in [0.3, 0.4) is 0 Å². The minimum Gasteiger partial charge on any atom is -0.480 e. The summed E-state index contributed by atoms with van der Waals surface area (Å²) in [6, 6.07) is 16.7. The number of carbonyl (C=O) groups is 3. The van der Waals surface area contributed by atoms with Crippen LogP contribution < -0.4 is 10.6 Å². The number of hydrogen-bond donors (Lipinski definition) is 3. The molecule has 0 spiro atoms. The van der Waals surface area contributed by atoms with Crippen molar-refractivity contribution in [1.82, 2.24) is 10.6 Å². The second-order valence-electron chi connectivity index (χ2n) is 6.36. The Morgan fingerprint density at radius 1 is 1.04 bits per heavy atom. The van der Waals surface area contributed by atoms with E-state index in [-0.39, 0.29) is 6.42 Å². The zero-order valence-electron chi connectivity index (χ0n) is 14.5. The minimum absolute atomic E-state index is 0.138. The van der Waals surface area contributed by atoms with Crippen molar-refractivity contribution < 1.29 is 24.2 Å². The summed E-state index contributed by atoms with van der Waals surface area (Å²) >= 11 is 0. The van der Waals surface area contributed by atoms with E-state index < -0.39 is 36.2 Å². The summed E-state index contributed by atoms with van der Waals surface area (Å²) in [5.41, 5.74) is 1.72. The van der Waals surface area contributed by atoms with Gasteiger partial charge in [0, 0.05) is 6.42 Å². The molecule has 1 fully saturated rings. The molecular formula is C20H20N2O5. The van der Waals surface area contributed by atoms with Gasteiger partial charge >= 0.3 is 12.1 Å². The normalized spacial score (nSPS) is 19.6. The maximum atomic E-state index is 12.6. The number of rotatable bonds is 7. The number of aliphatic carboxylic acids is 1. The van der Waals surface area contributed by atoms with Crippen molar-refractivity contribution in [3.05, 3.63) is 71.8 Å². The van der Waals surface area contributed by atoms with E-state index >= 15 is 0 Å². The van der Waals surface area contributed by atoms with E-state index in [0.717, 1.165) is 11.1 Å². The summed E-state index contributed by atoms with van der Waals surface area (Å²) in [5.74, 6) is -1.78. The zero-order chi connectivity index (χ0) is 19.2. The molecule has 1 aliphatic heterocycles. The highest BCUT2D eigenvalue weighted by Gasteiger charge is 2.40. The molecule has 3 unspecified atom stereocenters.